The van der Waals surface area contributed by atoms with Gasteiger partial charge in [0, 0.05) is 42.0 Å². The van der Waals surface area contributed by atoms with Gasteiger partial charge in [0.25, 0.3) is 5.91 Å². The van der Waals surface area contributed by atoms with E-state index in [-0.39, 0.29) is 24.7 Å². The van der Waals surface area contributed by atoms with Crippen LogP contribution in [0.3, 0.4) is 0 Å². The highest BCUT2D eigenvalue weighted by Crippen LogP contribution is 2.39. The first-order chi connectivity index (χ1) is 18.2. The van der Waals surface area contributed by atoms with Crippen LogP contribution in [0.1, 0.15) is 45.9 Å². The molecule has 37 heavy (non-hydrogen) atoms. The predicted molar refractivity (Wildman–Crippen MR) is 142 cm³/mol. The van der Waals surface area contributed by atoms with Crippen LogP contribution in [0, 0.1) is 0 Å². The second-order valence-electron chi connectivity index (χ2n) is 8.65. The molecule has 1 amide bonds. The third kappa shape index (κ3) is 6.61. The number of hydrogen-bond acceptors (Lipinski definition) is 7. The van der Waals surface area contributed by atoms with Crippen LogP contribution in [-0.4, -0.2) is 32.8 Å². The first-order valence-electron chi connectivity index (χ1n) is 12.0. The lowest BCUT2D eigenvalue weighted by atomic mass is 10.0. The number of rotatable bonds is 8. The van der Waals surface area contributed by atoms with E-state index in [9.17, 15) is 9.90 Å². The molecule has 0 aliphatic carbocycles. The molecule has 3 unspecified atom stereocenters. The van der Waals surface area contributed by atoms with Crippen molar-refractivity contribution in [1.29, 1.82) is 0 Å². The van der Waals surface area contributed by atoms with Crippen LogP contribution >= 0.6 is 11.8 Å². The third-order valence-corrected chi connectivity index (χ3v) is 7.11. The lowest BCUT2D eigenvalue weighted by Crippen LogP contribution is -2.31. The minimum absolute atomic E-state index is 0.00452. The van der Waals surface area contributed by atoms with Gasteiger partial charge in [0.05, 0.1) is 29.4 Å². The van der Waals surface area contributed by atoms with Crippen molar-refractivity contribution in [2.75, 3.05) is 11.1 Å². The summed E-state index contributed by atoms with van der Waals surface area (Å²) in [7, 11) is 0. The smallest absolute Gasteiger partial charge is 0.257 e. The number of thioether (sulfide) groups is 1. The summed E-state index contributed by atoms with van der Waals surface area (Å²) in [5.41, 5.74) is 3.93. The fourth-order valence-electron chi connectivity index (χ4n) is 4.06. The van der Waals surface area contributed by atoms with E-state index in [0.717, 1.165) is 27.5 Å². The number of aliphatic hydroxyl groups is 1. The number of aliphatic hydroxyl groups excluding tert-OH is 1. The van der Waals surface area contributed by atoms with Crippen molar-refractivity contribution in [2.45, 2.75) is 36.6 Å². The average molecular weight is 514 g/mol. The molecule has 2 aromatic carbocycles. The number of anilines is 1. The highest BCUT2D eigenvalue weighted by Gasteiger charge is 2.32. The van der Waals surface area contributed by atoms with Gasteiger partial charge in [0.2, 0.25) is 0 Å². The molecule has 0 saturated carbocycles. The number of nitrogens with one attached hydrogen (secondary N) is 1. The van der Waals surface area contributed by atoms with E-state index in [2.05, 4.69) is 15.3 Å². The molecule has 3 atom stereocenters. The Labute approximate surface area is 219 Å². The minimum atomic E-state index is -0.561. The molecular formula is C29H27N3O4S. The highest BCUT2D eigenvalue weighted by molar-refractivity contribution is 7.99. The molecule has 7 nitrogen and oxygen atoms in total. The van der Waals surface area contributed by atoms with Crippen molar-refractivity contribution in [2.24, 2.45) is 0 Å². The normalized spacial score (nSPS) is 19.3. The number of carbonyl (C=O) groups is 1. The number of pyridine rings is 2. The predicted octanol–water partition coefficient (Wildman–Crippen LogP) is 5.56. The fourth-order valence-corrected chi connectivity index (χ4v) is 4.94. The Morgan fingerprint density at radius 1 is 0.946 bits per heavy atom. The Hall–Kier alpha value is -3.56. The van der Waals surface area contributed by atoms with Crippen LogP contribution in [0.25, 0.3) is 0 Å². The molecule has 1 fully saturated rings. The quantitative estimate of drug-likeness (QED) is 0.298. The largest absolute Gasteiger partial charge is 0.392 e. The number of benzene rings is 2. The summed E-state index contributed by atoms with van der Waals surface area (Å²) in [6.45, 7) is 0.00452. The number of aromatic nitrogens is 2. The molecule has 0 radical (unpaired) electrons. The van der Waals surface area contributed by atoms with Crippen LogP contribution in [0.2, 0.25) is 0 Å². The maximum atomic E-state index is 12.5. The van der Waals surface area contributed by atoms with Crippen LogP contribution in [-0.2, 0) is 16.1 Å². The third-order valence-electron chi connectivity index (χ3n) is 6.03. The van der Waals surface area contributed by atoms with E-state index < -0.39 is 6.29 Å². The van der Waals surface area contributed by atoms with Crippen molar-refractivity contribution in [3.05, 3.63) is 120 Å². The van der Waals surface area contributed by atoms with Gasteiger partial charge in [-0.15, -0.1) is 11.8 Å². The Morgan fingerprint density at radius 2 is 1.76 bits per heavy atom. The van der Waals surface area contributed by atoms with Gasteiger partial charge in [-0.1, -0.05) is 42.5 Å². The Bertz CT molecular complexity index is 1290. The standard InChI is InChI=1S/C29H27N3O4S/c33-18-20-6-8-21(9-7-20)26-16-25(19-37-27-5-1-2-15-31-27)35-29(36-26)22-10-12-24(13-11-22)32-28(34)23-4-3-14-30-17-23/h1-15,17,25-26,29,33H,16,18-19H2,(H,32,34). The van der Waals surface area contributed by atoms with E-state index in [4.69, 9.17) is 9.47 Å². The summed E-state index contributed by atoms with van der Waals surface area (Å²) >= 11 is 1.66. The van der Waals surface area contributed by atoms with E-state index in [1.54, 1.807) is 36.3 Å². The maximum absolute atomic E-state index is 12.5. The molecule has 5 rings (SSSR count). The van der Waals surface area contributed by atoms with Gasteiger partial charge < -0.3 is 19.9 Å². The molecule has 1 aliphatic heterocycles. The van der Waals surface area contributed by atoms with E-state index in [0.29, 0.717) is 17.7 Å². The first-order valence-corrected chi connectivity index (χ1v) is 13.0. The fraction of sp³-hybridized carbons (Fsp3) is 0.207. The second-order valence-corrected chi connectivity index (χ2v) is 9.69. The number of carbonyl (C=O) groups excluding carboxylic acids is 1. The zero-order chi connectivity index (χ0) is 25.5. The molecular weight excluding hydrogens is 486 g/mol. The van der Waals surface area contributed by atoms with Crippen molar-refractivity contribution in [1.82, 2.24) is 9.97 Å². The van der Waals surface area contributed by atoms with Gasteiger partial charge in [-0.25, -0.2) is 4.98 Å². The van der Waals surface area contributed by atoms with Crippen LogP contribution in [0.15, 0.2) is 102 Å². The van der Waals surface area contributed by atoms with Gasteiger partial charge in [0.1, 0.15) is 0 Å². The Kier molecular flexibility index (Phi) is 8.22. The zero-order valence-corrected chi connectivity index (χ0v) is 20.9. The molecule has 1 aliphatic rings. The summed E-state index contributed by atoms with van der Waals surface area (Å²) in [5, 5.41) is 13.2. The monoisotopic (exact) mass is 513 g/mol. The van der Waals surface area contributed by atoms with Crippen molar-refractivity contribution < 1.29 is 19.4 Å². The molecule has 2 aromatic heterocycles. The van der Waals surface area contributed by atoms with Gasteiger partial charge in [-0.3, -0.25) is 9.78 Å². The maximum Gasteiger partial charge on any atom is 0.257 e. The lowest BCUT2D eigenvalue weighted by Gasteiger charge is -2.36. The molecule has 1 saturated heterocycles. The van der Waals surface area contributed by atoms with Crippen molar-refractivity contribution in [3.8, 4) is 0 Å². The number of amides is 1. The molecule has 4 aromatic rings. The molecule has 3 heterocycles. The molecule has 0 spiro atoms. The van der Waals surface area contributed by atoms with Gasteiger partial charge >= 0.3 is 0 Å². The number of ether oxygens (including phenoxy) is 2. The molecule has 8 heteroatoms. The van der Waals surface area contributed by atoms with E-state index in [1.807, 2.05) is 66.7 Å². The lowest BCUT2D eigenvalue weighted by molar-refractivity contribution is -0.245. The highest BCUT2D eigenvalue weighted by atomic mass is 32.2. The zero-order valence-electron chi connectivity index (χ0n) is 20.1. The number of hydrogen-bond donors (Lipinski definition) is 2. The van der Waals surface area contributed by atoms with Crippen LogP contribution in [0.5, 0.6) is 0 Å². The Balaban J connectivity index is 1.31. The topological polar surface area (TPSA) is 93.6 Å². The summed E-state index contributed by atoms with van der Waals surface area (Å²) in [6, 6.07) is 24.6. The van der Waals surface area contributed by atoms with E-state index in [1.165, 1.54) is 6.20 Å². The van der Waals surface area contributed by atoms with Crippen LogP contribution in [0.4, 0.5) is 5.69 Å². The summed E-state index contributed by atoms with van der Waals surface area (Å²) in [4.78, 5) is 20.9. The van der Waals surface area contributed by atoms with Gasteiger partial charge in [-0.05, 0) is 47.5 Å². The van der Waals surface area contributed by atoms with E-state index >= 15 is 0 Å². The van der Waals surface area contributed by atoms with Crippen molar-refractivity contribution in [3.63, 3.8) is 0 Å². The molecule has 2 N–H and O–H groups in total. The Morgan fingerprint density at radius 3 is 2.46 bits per heavy atom. The molecule has 188 valence electrons. The SMILES string of the molecule is O=C(Nc1ccc(C2OC(CSc3ccccn3)CC(c3ccc(CO)cc3)O2)cc1)c1cccnc1. The first kappa shape index (κ1) is 25.1. The summed E-state index contributed by atoms with van der Waals surface area (Å²) in [6.07, 6.45) is 4.87. The van der Waals surface area contributed by atoms with Crippen molar-refractivity contribution >= 4 is 23.4 Å². The average Bonchev–Trinajstić information content (AvgIpc) is 2.97. The number of nitrogens with zero attached hydrogens (tertiary/aromatic N) is 2. The second kappa shape index (κ2) is 12.1. The van der Waals surface area contributed by atoms with Crippen LogP contribution < -0.4 is 5.32 Å². The van der Waals surface area contributed by atoms with Gasteiger partial charge in [-0.2, -0.15) is 0 Å². The van der Waals surface area contributed by atoms with Gasteiger partial charge in [0.15, 0.2) is 6.29 Å². The molecule has 0 bridgehead atoms. The summed E-state index contributed by atoms with van der Waals surface area (Å²) < 4.78 is 12.8. The minimum Gasteiger partial charge on any atom is -0.392 e. The summed E-state index contributed by atoms with van der Waals surface area (Å²) in [5.74, 6) is 0.519.